The van der Waals surface area contributed by atoms with E-state index in [0.717, 1.165) is 24.5 Å². The second kappa shape index (κ2) is 9.37. The second-order valence-corrected chi connectivity index (χ2v) is 7.51. The molecule has 0 bridgehead atoms. The first kappa shape index (κ1) is 20.6. The average Bonchev–Trinajstić information content (AvgIpc) is 2.71. The maximum atomic E-state index is 12.6. The average molecular weight is 392 g/mol. The van der Waals surface area contributed by atoms with Crippen LogP contribution in [-0.2, 0) is 0 Å². The fourth-order valence-corrected chi connectivity index (χ4v) is 3.37. The Balaban J connectivity index is 1.68. The number of aryl methyl sites for hydroxylation is 2. The van der Waals surface area contributed by atoms with Crippen LogP contribution in [0.4, 0.5) is 17.1 Å². The molecule has 0 aliphatic carbocycles. The van der Waals surface area contributed by atoms with Gasteiger partial charge in [0.15, 0.2) is 0 Å². The Labute approximate surface area is 172 Å². The first-order chi connectivity index (χ1) is 13.9. The number of carbonyl (C=O) groups excluding carboxylic acids is 1. The van der Waals surface area contributed by atoms with Crippen LogP contribution in [0.1, 0.15) is 47.2 Å². The van der Waals surface area contributed by atoms with Crippen molar-refractivity contribution in [3.05, 3.63) is 53.1 Å². The number of nitrogen functional groups attached to an aromatic ring is 1. The molecule has 2 aromatic carbocycles. The summed E-state index contributed by atoms with van der Waals surface area (Å²) in [5.74, 6) is -0.205. The van der Waals surface area contributed by atoms with Crippen LogP contribution in [0.2, 0.25) is 0 Å². The van der Waals surface area contributed by atoms with Gasteiger partial charge in [-0.2, -0.15) is 4.99 Å². The molecule has 0 unspecified atom stereocenters. The van der Waals surface area contributed by atoms with E-state index in [1.807, 2.05) is 37.3 Å². The standard InChI is InChI=1S/C23H29N5O/c1-16-6-7-18(14-17(16)2)26-11-10-22(25)27-23(29)20-15-19(8-9-21(20)24)28-12-4-3-5-13-28/h6-9,11,14-15H,3-5,10,12-13,24H2,1-2H3,(H2,25,27,29). The number of hydrogen-bond acceptors (Lipinski definition) is 4. The van der Waals surface area contributed by atoms with Gasteiger partial charge in [-0.3, -0.25) is 9.79 Å². The normalized spacial score (nSPS) is 15.1. The number of rotatable bonds is 5. The minimum Gasteiger partial charge on any atom is -0.398 e. The molecule has 29 heavy (non-hydrogen) atoms. The molecule has 3 rings (SSSR count). The zero-order valence-electron chi connectivity index (χ0n) is 17.2. The highest BCUT2D eigenvalue weighted by molar-refractivity contribution is 6.08. The topological polar surface area (TPSA) is 97.1 Å². The summed E-state index contributed by atoms with van der Waals surface area (Å²) in [6, 6.07) is 11.5. The molecule has 6 nitrogen and oxygen atoms in total. The maximum absolute atomic E-state index is 12.6. The molecule has 4 N–H and O–H groups in total. The predicted octanol–water partition coefficient (Wildman–Crippen LogP) is 4.17. The smallest absolute Gasteiger partial charge is 0.280 e. The van der Waals surface area contributed by atoms with E-state index < -0.39 is 5.91 Å². The number of piperidine rings is 1. The van der Waals surface area contributed by atoms with Crippen molar-refractivity contribution in [3.8, 4) is 0 Å². The van der Waals surface area contributed by atoms with Gasteiger partial charge in [0.1, 0.15) is 5.84 Å². The van der Waals surface area contributed by atoms with E-state index in [-0.39, 0.29) is 5.84 Å². The molecule has 1 aliphatic rings. The molecule has 152 valence electrons. The highest BCUT2D eigenvalue weighted by atomic mass is 16.1. The molecule has 1 heterocycles. The van der Waals surface area contributed by atoms with Crippen molar-refractivity contribution in [1.82, 2.24) is 0 Å². The van der Waals surface area contributed by atoms with Crippen molar-refractivity contribution in [2.45, 2.75) is 39.5 Å². The van der Waals surface area contributed by atoms with E-state index in [1.165, 1.54) is 30.4 Å². The van der Waals surface area contributed by atoms with Crippen LogP contribution in [0.25, 0.3) is 0 Å². The molecule has 1 fully saturated rings. The molecule has 1 aliphatic heterocycles. The van der Waals surface area contributed by atoms with Gasteiger partial charge in [-0.05, 0) is 74.6 Å². The lowest BCUT2D eigenvalue weighted by atomic mass is 10.1. The van der Waals surface area contributed by atoms with Gasteiger partial charge in [0.05, 0.1) is 11.3 Å². The maximum Gasteiger partial charge on any atom is 0.280 e. The summed E-state index contributed by atoms with van der Waals surface area (Å²) in [5, 5.41) is 0. The van der Waals surface area contributed by atoms with Crippen molar-refractivity contribution in [1.29, 1.82) is 0 Å². The van der Waals surface area contributed by atoms with Crippen LogP contribution >= 0.6 is 0 Å². The first-order valence-electron chi connectivity index (χ1n) is 10.1. The number of hydrogen-bond donors (Lipinski definition) is 2. The van der Waals surface area contributed by atoms with Crippen LogP contribution in [0.3, 0.4) is 0 Å². The third kappa shape index (κ3) is 5.44. The molecule has 0 spiro atoms. The largest absolute Gasteiger partial charge is 0.398 e. The van der Waals surface area contributed by atoms with Crippen molar-refractivity contribution < 1.29 is 4.79 Å². The summed E-state index contributed by atoms with van der Waals surface area (Å²) in [5.41, 5.74) is 17.0. The van der Waals surface area contributed by atoms with Crippen molar-refractivity contribution in [3.63, 3.8) is 0 Å². The lowest BCUT2D eigenvalue weighted by Gasteiger charge is -2.29. The number of carbonyl (C=O) groups is 1. The number of benzene rings is 2. The molecule has 2 aromatic rings. The van der Waals surface area contributed by atoms with Gasteiger partial charge >= 0.3 is 0 Å². The summed E-state index contributed by atoms with van der Waals surface area (Å²) < 4.78 is 0. The van der Waals surface area contributed by atoms with Crippen molar-refractivity contribution >= 4 is 35.0 Å². The van der Waals surface area contributed by atoms with Gasteiger partial charge in [-0.25, -0.2) is 0 Å². The monoisotopic (exact) mass is 391 g/mol. The quantitative estimate of drug-likeness (QED) is 0.454. The molecule has 0 aromatic heterocycles. The first-order valence-corrected chi connectivity index (χ1v) is 10.1. The van der Waals surface area contributed by atoms with E-state index in [0.29, 0.717) is 17.7 Å². The number of amidine groups is 1. The summed E-state index contributed by atoms with van der Waals surface area (Å²) >= 11 is 0. The highest BCUT2D eigenvalue weighted by Gasteiger charge is 2.15. The predicted molar refractivity (Wildman–Crippen MR) is 122 cm³/mol. The lowest BCUT2D eigenvalue weighted by Crippen LogP contribution is -2.29. The molecule has 0 atom stereocenters. The Hall–Kier alpha value is -3.15. The van der Waals surface area contributed by atoms with Crippen LogP contribution in [0.5, 0.6) is 0 Å². The van der Waals surface area contributed by atoms with E-state index in [1.54, 1.807) is 12.3 Å². The highest BCUT2D eigenvalue weighted by Crippen LogP contribution is 2.25. The van der Waals surface area contributed by atoms with Gasteiger partial charge in [0.25, 0.3) is 5.91 Å². The summed E-state index contributed by atoms with van der Waals surface area (Å²) in [4.78, 5) is 23.3. The Bertz CT molecular complexity index is 942. The summed E-state index contributed by atoms with van der Waals surface area (Å²) in [6.07, 6.45) is 5.55. The van der Waals surface area contributed by atoms with Gasteiger partial charge < -0.3 is 16.4 Å². The number of amides is 1. The molecular formula is C23H29N5O. The van der Waals surface area contributed by atoms with Gasteiger partial charge in [0, 0.05) is 37.1 Å². The van der Waals surface area contributed by atoms with E-state index in [4.69, 9.17) is 11.5 Å². The number of nitrogens with two attached hydrogens (primary N) is 2. The van der Waals surface area contributed by atoms with Gasteiger partial charge in [-0.15, -0.1) is 0 Å². The Morgan fingerprint density at radius 1 is 1.07 bits per heavy atom. The van der Waals surface area contributed by atoms with E-state index >= 15 is 0 Å². The van der Waals surface area contributed by atoms with Crippen molar-refractivity contribution in [2.75, 3.05) is 23.7 Å². The van der Waals surface area contributed by atoms with Crippen LogP contribution in [0.15, 0.2) is 46.4 Å². The van der Waals surface area contributed by atoms with E-state index in [2.05, 4.69) is 21.8 Å². The Morgan fingerprint density at radius 3 is 2.55 bits per heavy atom. The third-order valence-corrected chi connectivity index (χ3v) is 5.26. The summed E-state index contributed by atoms with van der Waals surface area (Å²) in [6.45, 7) is 6.10. The number of nitrogens with zero attached hydrogens (tertiary/aromatic N) is 3. The zero-order chi connectivity index (χ0) is 20.8. The number of aliphatic imine (C=N–C) groups is 2. The third-order valence-electron chi connectivity index (χ3n) is 5.26. The lowest BCUT2D eigenvalue weighted by molar-refractivity contribution is 0.100. The van der Waals surface area contributed by atoms with Gasteiger partial charge in [0.2, 0.25) is 0 Å². The fraction of sp³-hybridized carbons (Fsp3) is 0.348. The van der Waals surface area contributed by atoms with Crippen molar-refractivity contribution in [2.24, 2.45) is 15.7 Å². The molecule has 1 amide bonds. The fourth-order valence-electron chi connectivity index (χ4n) is 3.37. The minimum atomic E-state index is -0.418. The number of anilines is 2. The molecule has 0 radical (unpaired) electrons. The Kier molecular flexibility index (Phi) is 6.65. The minimum absolute atomic E-state index is 0.213. The van der Waals surface area contributed by atoms with Gasteiger partial charge in [-0.1, -0.05) is 6.07 Å². The van der Waals surface area contributed by atoms with Crippen LogP contribution in [0, 0.1) is 13.8 Å². The SMILES string of the molecule is Cc1ccc(N=CCC(N)=NC(=O)c2cc(N3CCCCC3)ccc2N)cc1C. The Morgan fingerprint density at radius 2 is 1.83 bits per heavy atom. The molecule has 1 saturated heterocycles. The van der Waals surface area contributed by atoms with Crippen LogP contribution in [-0.4, -0.2) is 31.0 Å². The second-order valence-electron chi connectivity index (χ2n) is 7.51. The molecule has 0 saturated carbocycles. The van der Waals surface area contributed by atoms with E-state index in [9.17, 15) is 4.79 Å². The molecule has 6 heteroatoms. The van der Waals surface area contributed by atoms with Crippen LogP contribution < -0.4 is 16.4 Å². The molecular weight excluding hydrogens is 362 g/mol. The zero-order valence-corrected chi connectivity index (χ0v) is 17.2. The summed E-state index contributed by atoms with van der Waals surface area (Å²) in [7, 11) is 0.